The Labute approximate surface area is 226 Å². The molecule has 4 aromatic heterocycles. The topological polar surface area (TPSA) is 97.6 Å². The molecule has 0 atom stereocenters. The monoisotopic (exact) mass is 550 g/mol. The largest absolute Gasteiger partial charge is 0.349 e. The number of rotatable bonds is 6. The van der Waals surface area contributed by atoms with Crippen molar-refractivity contribution >= 4 is 39.6 Å². The molecule has 4 heterocycles. The molecule has 0 bridgehead atoms. The lowest BCUT2D eigenvalue weighted by Gasteiger charge is -2.29. The molecule has 11 heteroatoms. The van der Waals surface area contributed by atoms with E-state index in [1.807, 2.05) is 47.2 Å². The van der Waals surface area contributed by atoms with Crippen molar-refractivity contribution in [1.82, 2.24) is 29.4 Å². The second-order valence-corrected chi connectivity index (χ2v) is 10.3. The fourth-order valence-electron chi connectivity index (χ4n) is 5.50. The van der Waals surface area contributed by atoms with Crippen LogP contribution in [0, 0.1) is 5.92 Å². The number of pyridine rings is 2. The van der Waals surface area contributed by atoms with E-state index in [1.165, 1.54) is 6.07 Å². The third-order valence-corrected chi connectivity index (χ3v) is 7.65. The number of imidazole rings is 1. The van der Waals surface area contributed by atoms with Gasteiger partial charge in [0.25, 0.3) is 12.3 Å². The lowest BCUT2D eigenvalue weighted by molar-refractivity contribution is 0.0904. The smallest absolute Gasteiger partial charge is 0.333 e. The number of carbonyl (C=O) groups is 1. The molecule has 1 aliphatic rings. The first kappa shape index (κ1) is 25.2. The lowest BCUT2D eigenvalue weighted by Crippen LogP contribution is -2.39. The Morgan fingerprint density at radius 2 is 1.85 bits per heavy atom. The van der Waals surface area contributed by atoms with E-state index in [-0.39, 0.29) is 28.2 Å². The minimum Gasteiger partial charge on any atom is -0.349 e. The van der Waals surface area contributed by atoms with E-state index in [9.17, 15) is 18.4 Å². The standard InChI is InChI=1S/C28H25ClF2N6O2/c29-18-12-21(24(25(30)31)33-13-18)27(38)35-19-7-5-16(6-8-19)15-36-22-3-1-2-4-23(22)37(28(36)39)20-11-17-9-10-32-26(17)34-14-20/h1-4,9-14,16,19,25H,5-8,15H2,(H,32,34)(H,35,38). The number of fused-ring (bicyclic) bond motifs is 2. The number of aromatic nitrogens is 5. The minimum absolute atomic E-state index is 0.127. The highest BCUT2D eigenvalue weighted by atomic mass is 35.5. The first-order valence-electron chi connectivity index (χ1n) is 12.8. The SMILES string of the molecule is O=C(NC1CCC(Cn2c(=O)n(-c3cnc4[nH]ccc4c3)c3ccccc32)CC1)c1cc(Cl)cnc1C(F)F. The second kappa shape index (κ2) is 10.3. The molecular formula is C28H25ClF2N6O2. The lowest BCUT2D eigenvalue weighted by atomic mass is 9.85. The Kier molecular flexibility index (Phi) is 6.64. The van der Waals surface area contributed by atoms with Crippen LogP contribution >= 0.6 is 11.6 Å². The first-order chi connectivity index (χ1) is 18.9. The van der Waals surface area contributed by atoms with E-state index >= 15 is 0 Å². The van der Waals surface area contributed by atoms with Crippen molar-refractivity contribution in [1.29, 1.82) is 0 Å². The number of hydrogen-bond acceptors (Lipinski definition) is 4. The Morgan fingerprint density at radius 3 is 2.62 bits per heavy atom. The summed E-state index contributed by atoms with van der Waals surface area (Å²) in [5.41, 5.74) is 2.21. The molecule has 0 aliphatic heterocycles. The normalized spacial score (nSPS) is 17.7. The number of H-pyrrole nitrogens is 1. The van der Waals surface area contributed by atoms with Gasteiger partial charge >= 0.3 is 5.69 Å². The summed E-state index contributed by atoms with van der Waals surface area (Å²) in [6, 6.07) is 12.6. The number of alkyl halides is 2. The van der Waals surface area contributed by atoms with Crippen LogP contribution in [0.15, 0.2) is 65.8 Å². The maximum absolute atomic E-state index is 13.7. The van der Waals surface area contributed by atoms with Gasteiger partial charge in [-0.15, -0.1) is 0 Å². The van der Waals surface area contributed by atoms with Crippen molar-refractivity contribution < 1.29 is 13.6 Å². The molecule has 1 aliphatic carbocycles. The Morgan fingerprint density at radius 1 is 1.08 bits per heavy atom. The molecule has 1 aromatic carbocycles. The van der Waals surface area contributed by atoms with Crippen LogP contribution in [0.3, 0.4) is 0 Å². The van der Waals surface area contributed by atoms with Crippen molar-refractivity contribution in [3.63, 3.8) is 0 Å². The van der Waals surface area contributed by atoms with Crippen molar-refractivity contribution in [2.75, 3.05) is 0 Å². The van der Waals surface area contributed by atoms with Gasteiger partial charge < -0.3 is 10.3 Å². The van der Waals surface area contributed by atoms with Crippen LogP contribution in [0.2, 0.25) is 5.02 Å². The van der Waals surface area contributed by atoms with Crippen LogP contribution in [0.4, 0.5) is 8.78 Å². The molecule has 6 rings (SSSR count). The van der Waals surface area contributed by atoms with Gasteiger partial charge in [0, 0.05) is 30.4 Å². The van der Waals surface area contributed by atoms with Crippen molar-refractivity contribution in [3.8, 4) is 5.69 Å². The molecular weight excluding hydrogens is 526 g/mol. The number of hydrogen-bond donors (Lipinski definition) is 2. The number of nitrogens with one attached hydrogen (secondary N) is 2. The highest BCUT2D eigenvalue weighted by Crippen LogP contribution is 2.29. The number of benzene rings is 1. The van der Waals surface area contributed by atoms with Gasteiger partial charge in [0.2, 0.25) is 0 Å². The number of carbonyl (C=O) groups excluding carboxylic acids is 1. The van der Waals surface area contributed by atoms with Crippen molar-refractivity contribution in [3.05, 3.63) is 87.8 Å². The van der Waals surface area contributed by atoms with E-state index < -0.39 is 18.0 Å². The molecule has 0 unspecified atom stereocenters. The molecule has 200 valence electrons. The maximum Gasteiger partial charge on any atom is 0.333 e. The highest BCUT2D eigenvalue weighted by molar-refractivity contribution is 6.30. The number of aromatic amines is 1. The third-order valence-electron chi connectivity index (χ3n) is 7.44. The van der Waals surface area contributed by atoms with Crippen LogP contribution in [0.1, 0.15) is 48.2 Å². The van der Waals surface area contributed by atoms with E-state index in [1.54, 1.807) is 10.8 Å². The van der Waals surface area contributed by atoms with Crippen LogP contribution in [0.25, 0.3) is 27.8 Å². The zero-order valence-electron chi connectivity index (χ0n) is 20.8. The molecule has 1 amide bonds. The summed E-state index contributed by atoms with van der Waals surface area (Å²) in [5, 5.41) is 3.92. The highest BCUT2D eigenvalue weighted by Gasteiger charge is 2.27. The van der Waals surface area contributed by atoms with Gasteiger partial charge in [0.15, 0.2) is 0 Å². The Hall–Kier alpha value is -4.05. The molecule has 0 saturated heterocycles. The molecule has 0 spiro atoms. The average Bonchev–Trinajstić information content (AvgIpc) is 3.51. The van der Waals surface area contributed by atoms with Gasteiger partial charge in [-0.05, 0) is 61.9 Å². The zero-order valence-corrected chi connectivity index (χ0v) is 21.5. The summed E-state index contributed by atoms with van der Waals surface area (Å²) in [6.07, 6.45) is 4.66. The molecule has 0 radical (unpaired) electrons. The summed E-state index contributed by atoms with van der Waals surface area (Å²) in [4.78, 5) is 37.6. The van der Waals surface area contributed by atoms with Crippen LogP contribution in [-0.2, 0) is 6.54 Å². The van der Waals surface area contributed by atoms with Gasteiger partial charge in [-0.1, -0.05) is 23.7 Å². The van der Waals surface area contributed by atoms with Crippen LogP contribution in [-0.4, -0.2) is 36.0 Å². The number of halogens is 3. The molecule has 1 saturated carbocycles. The molecule has 2 N–H and O–H groups in total. The Bertz CT molecular complexity index is 1740. The van der Waals surface area contributed by atoms with E-state index in [4.69, 9.17) is 11.6 Å². The number of amides is 1. The fraction of sp³-hybridized carbons (Fsp3) is 0.286. The van der Waals surface area contributed by atoms with Gasteiger partial charge in [0.05, 0.1) is 33.5 Å². The molecule has 5 aromatic rings. The van der Waals surface area contributed by atoms with E-state index in [2.05, 4.69) is 20.3 Å². The van der Waals surface area contributed by atoms with E-state index in [0.717, 1.165) is 41.1 Å². The second-order valence-electron chi connectivity index (χ2n) is 9.90. The number of nitrogens with zero attached hydrogens (tertiary/aromatic N) is 4. The van der Waals surface area contributed by atoms with Gasteiger partial charge in [0.1, 0.15) is 11.3 Å². The van der Waals surface area contributed by atoms with Crippen molar-refractivity contribution in [2.24, 2.45) is 5.92 Å². The molecule has 39 heavy (non-hydrogen) atoms. The minimum atomic E-state index is -2.88. The molecule has 8 nitrogen and oxygen atoms in total. The third kappa shape index (κ3) is 4.80. The van der Waals surface area contributed by atoms with Gasteiger partial charge in [-0.2, -0.15) is 0 Å². The number of para-hydroxylation sites is 2. The zero-order chi connectivity index (χ0) is 27.1. The van der Waals surface area contributed by atoms with E-state index in [0.29, 0.717) is 25.1 Å². The summed E-state index contributed by atoms with van der Waals surface area (Å²) in [7, 11) is 0. The summed E-state index contributed by atoms with van der Waals surface area (Å²) in [5.74, 6) is -0.374. The predicted octanol–water partition coefficient (Wildman–Crippen LogP) is 5.64. The van der Waals surface area contributed by atoms with Crippen molar-refractivity contribution in [2.45, 2.75) is 44.7 Å². The predicted molar refractivity (Wildman–Crippen MR) is 145 cm³/mol. The first-order valence-corrected chi connectivity index (χ1v) is 13.1. The van der Waals surface area contributed by atoms with Gasteiger partial charge in [-0.25, -0.2) is 18.6 Å². The average molecular weight is 551 g/mol. The summed E-state index contributed by atoms with van der Waals surface area (Å²) < 4.78 is 30.2. The molecule has 1 fully saturated rings. The Balaban J connectivity index is 1.19. The maximum atomic E-state index is 13.7. The fourth-order valence-corrected chi connectivity index (χ4v) is 5.66. The quantitative estimate of drug-likeness (QED) is 0.286. The summed E-state index contributed by atoms with van der Waals surface area (Å²) >= 11 is 5.90. The van der Waals surface area contributed by atoms with Crippen LogP contribution < -0.4 is 11.0 Å². The van der Waals surface area contributed by atoms with Gasteiger partial charge in [-0.3, -0.25) is 18.9 Å². The van der Waals surface area contributed by atoms with Crippen LogP contribution in [0.5, 0.6) is 0 Å². The summed E-state index contributed by atoms with van der Waals surface area (Å²) in [6.45, 7) is 0.542.